The molecule has 6 nitrogen and oxygen atoms in total. The van der Waals surface area contributed by atoms with E-state index in [1.54, 1.807) is 6.07 Å². The molecular formula is C20H22ClN3O3. The molecule has 0 fully saturated rings. The van der Waals surface area contributed by atoms with E-state index in [0.717, 1.165) is 17.8 Å². The number of carbonyl (C=O) groups excluding carboxylic acids is 2. The molecule has 1 aromatic heterocycles. The minimum Gasteiger partial charge on any atom is -0.465 e. The second kappa shape index (κ2) is 6.60. The summed E-state index contributed by atoms with van der Waals surface area (Å²) in [6.45, 7) is 8.50. The first-order valence-corrected chi connectivity index (χ1v) is 9.00. The number of hydrogen-bond acceptors (Lipinski definition) is 5. The number of methoxy groups -OCH3 is 1. The van der Waals surface area contributed by atoms with E-state index in [0.29, 0.717) is 5.69 Å². The Morgan fingerprint density at radius 2 is 1.81 bits per heavy atom. The maximum atomic E-state index is 12.6. The zero-order valence-electron chi connectivity index (χ0n) is 16.0. The van der Waals surface area contributed by atoms with Gasteiger partial charge in [0.05, 0.1) is 35.3 Å². The van der Waals surface area contributed by atoms with Gasteiger partial charge in [-0.2, -0.15) is 0 Å². The molecule has 0 saturated carbocycles. The molecule has 1 amide bonds. The Hall–Kier alpha value is -2.47. The van der Waals surface area contributed by atoms with Gasteiger partial charge in [-0.25, -0.2) is 9.78 Å². The van der Waals surface area contributed by atoms with Crippen LogP contribution >= 0.6 is 11.6 Å². The van der Waals surface area contributed by atoms with Gasteiger partial charge in [-0.3, -0.25) is 9.78 Å². The summed E-state index contributed by atoms with van der Waals surface area (Å²) in [6.07, 6.45) is 2.42. The van der Waals surface area contributed by atoms with Crippen molar-refractivity contribution in [3.05, 3.63) is 52.1 Å². The molecule has 7 heteroatoms. The molecule has 0 aliphatic heterocycles. The zero-order valence-corrected chi connectivity index (χ0v) is 16.8. The second-order valence-corrected chi connectivity index (χ2v) is 8.44. The van der Waals surface area contributed by atoms with E-state index in [1.807, 2.05) is 0 Å². The molecule has 1 aliphatic carbocycles. The smallest absolute Gasteiger partial charge is 0.339 e. The fourth-order valence-electron chi connectivity index (χ4n) is 3.80. The normalized spacial score (nSPS) is 16.5. The molecule has 142 valence electrons. The molecule has 27 heavy (non-hydrogen) atoms. The van der Waals surface area contributed by atoms with Crippen LogP contribution in [0.3, 0.4) is 0 Å². The van der Waals surface area contributed by atoms with Crippen molar-refractivity contribution in [3.63, 3.8) is 0 Å². The number of fused-ring (bicyclic) bond motifs is 1. The van der Waals surface area contributed by atoms with Crippen LogP contribution < -0.4 is 5.32 Å². The lowest BCUT2D eigenvalue weighted by Crippen LogP contribution is -2.20. The zero-order chi connectivity index (χ0) is 20.0. The van der Waals surface area contributed by atoms with Crippen molar-refractivity contribution >= 4 is 29.2 Å². The predicted octanol–water partition coefficient (Wildman–Crippen LogP) is 4.13. The van der Waals surface area contributed by atoms with Gasteiger partial charge in [0.15, 0.2) is 0 Å². The number of nitrogens with zero attached hydrogens (tertiary/aromatic N) is 2. The van der Waals surface area contributed by atoms with Crippen LogP contribution in [0.5, 0.6) is 0 Å². The highest BCUT2D eigenvalue weighted by atomic mass is 35.5. The van der Waals surface area contributed by atoms with Crippen molar-refractivity contribution in [1.82, 2.24) is 9.97 Å². The van der Waals surface area contributed by atoms with Gasteiger partial charge in [-0.1, -0.05) is 39.3 Å². The molecule has 1 N–H and O–H groups in total. The van der Waals surface area contributed by atoms with Gasteiger partial charge in [-0.05, 0) is 24.6 Å². The van der Waals surface area contributed by atoms with Crippen LogP contribution in [0, 0.1) is 0 Å². The Labute approximate surface area is 163 Å². The molecular weight excluding hydrogens is 366 g/mol. The first kappa shape index (κ1) is 19.3. The molecule has 3 rings (SSSR count). The van der Waals surface area contributed by atoms with Crippen molar-refractivity contribution in [2.24, 2.45) is 0 Å². The minimum absolute atomic E-state index is 0.0713. The van der Waals surface area contributed by atoms with Crippen LogP contribution in [0.2, 0.25) is 5.02 Å². The largest absolute Gasteiger partial charge is 0.465 e. The van der Waals surface area contributed by atoms with E-state index in [4.69, 9.17) is 11.6 Å². The van der Waals surface area contributed by atoms with Gasteiger partial charge in [-0.15, -0.1) is 0 Å². The summed E-state index contributed by atoms with van der Waals surface area (Å²) >= 11 is 6.10. The molecule has 1 heterocycles. The molecule has 2 aromatic rings. The number of nitrogens with one attached hydrogen (secondary N) is 1. The molecule has 0 bridgehead atoms. The molecule has 0 spiro atoms. The average molecular weight is 388 g/mol. The number of hydrogen-bond donors (Lipinski definition) is 1. The lowest BCUT2D eigenvalue weighted by Gasteiger charge is -2.21. The number of ether oxygens (including phenoxy) is 1. The summed E-state index contributed by atoms with van der Waals surface area (Å²) in [5, 5.41) is 2.94. The van der Waals surface area contributed by atoms with Crippen LogP contribution in [-0.4, -0.2) is 29.0 Å². The molecule has 0 radical (unpaired) electrons. The number of amides is 1. The van der Waals surface area contributed by atoms with Gasteiger partial charge < -0.3 is 10.1 Å². The van der Waals surface area contributed by atoms with E-state index in [9.17, 15) is 9.59 Å². The van der Waals surface area contributed by atoms with Crippen LogP contribution in [0.4, 0.5) is 5.69 Å². The number of halogens is 1. The summed E-state index contributed by atoms with van der Waals surface area (Å²) in [4.78, 5) is 33.3. The first-order chi connectivity index (χ1) is 12.5. The molecule has 0 saturated heterocycles. The van der Waals surface area contributed by atoms with Crippen LogP contribution in [0.15, 0.2) is 24.4 Å². The van der Waals surface area contributed by atoms with Gasteiger partial charge in [0, 0.05) is 16.5 Å². The second-order valence-electron chi connectivity index (χ2n) is 8.04. The fraction of sp³-hybridized carbons (Fsp3) is 0.400. The topological polar surface area (TPSA) is 81.2 Å². The summed E-state index contributed by atoms with van der Waals surface area (Å²) in [7, 11) is 1.28. The standard InChI is InChI=1S/C20H22ClN3O3/c1-19(2)10-20(3,4)16-15(19)22-9-14(24-16)17(25)23-11-6-7-12(13(21)8-11)18(26)27-5/h6-9H,10H2,1-5H3,(H,23,25). The molecule has 1 aromatic carbocycles. The summed E-state index contributed by atoms with van der Waals surface area (Å²) in [6, 6.07) is 4.59. The van der Waals surface area contributed by atoms with E-state index in [-0.39, 0.29) is 33.0 Å². The van der Waals surface area contributed by atoms with E-state index >= 15 is 0 Å². The monoisotopic (exact) mass is 387 g/mol. The highest BCUT2D eigenvalue weighted by Gasteiger charge is 2.44. The maximum Gasteiger partial charge on any atom is 0.339 e. The first-order valence-electron chi connectivity index (χ1n) is 8.62. The highest BCUT2D eigenvalue weighted by Crippen LogP contribution is 2.47. The van der Waals surface area contributed by atoms with E-state index < -0.39 is 5.97 Å². The fourth-order valence-corrected chi connectivity index (χ4v) is 4.06. The van der Waals surface area contributed by atoms with E-state index in [1.165, 1.54) is 25.4 Å². The Morgan fingerprint density at radius 3 is 2.44 bits per heavy atom. The number of anilines is 1. The SMILES string of the molecule is COC(=O)c1ccc(NC(=O)c2cnc3c(n2)C(C)(C)CC3(C)C)cc1Cl. The van der Waals surface area contributed by atoms with Crippen LogP contribution in [0.25, 0.3) is 0 Å². The molecule has 1 aliphatic rings. The summed E-state index contributed by atoms with van der Waals surface area (Å²) < 4.78 is 4.66. The number of rotatable bonds is 3. The van der Waals surface area contributed by atoms with E-state index in [2.05, 4.69) is 47.7 Å². The predicted molar refractivity (Wildman–Crippen MR) is 103 cm³/mol. The van der Waals surface area contributed by atoms with Gasteiger partial charge in [0.2, 0.25) is 0 Å². The average Bonchev–Trinajstić information content (AvgIpc) is 2.78. The van der Waals surface area contributed by atoms with Crippen molar-refractivity contribution in [1.29, 1.82) is 0 Å². The highest BCUT2D eigenvalue weighted by molar-refractivity contribution is 6.34. The molecule has 0 unspecified atom stereocenters. The maximum absolute atomic E-state index is 12.6. The Bertz CT molecular complexity index is 938. The van der Waals surface area contributed by atoms with Crippen LogP contribution in [-0.2, 0) is 15.6 Å². The number of benzene rings is 1. The van der Waals surface area contributed by atoms with Crippen molar-refractivity contribution in [3.8, 4) is 0 Å². The third kappa shape index (κ3) is 3.54. The van der Waals surface area contributed by atoms with Gasteiger partial charge >= 0.3 is 5.97 Å². The number of esters is 1. The van der Waals surface area contributed by atoms with Crippen molar-refractivity contribution < 1.29 is 14.3 Å². The van der Waals surface area contributed by atoms with Crippen LogP contribution in [0.1, 0.15) is 66.4 Å². The lowest BCUT2D eigenvalue weighted by molar-refractivity contribution is 0.0601. The summed E-state index contributed by atoms with van der Waals surface area (Å²) in [5.41, 5.74) is 2.52. The van der Waals surface area contributed by atoms with Gasteiger partial charge in [0.25, 0.3) is 5.91 Å². The van der Waals surface area contributed by atoms with Crippen molar-refractivity contribution in [2.45, 2.75) is 44.9 Å². The Balaban J connectivity index is 1.86. The van der Waals surface area contributed by atoms with Crippen molar-refractivity contribution in [2.75, 3.05) is 12.4 Å². The minimum atomic E-state index is -0.535. The Morgan fingerprint density at radius 1 is 1.15 bits per heavy atom. The van der Waals surface area contributed by atoms with Gasteiger partial charge in [0.1, 0.15) is 5.69 Å². The number of aromatic nitrogens is 2. The quantitative estimate of drug-likeness (QED) is 0.801. The molecule has 0 atom stereocenters. The lowest BCUT2D eigenvalue weighted by atomic mass is 9.83. The number of carbonyl (C=O) groups is 2. The summed E-state index contributed by atoms with van der Waals surface area (Å²) in [5.74, 6) is -0.917. The third-order valence-electron chi connectivity index (χ3n) is 4.80. The third-order valence-corrected chi connectivity index (χ3v) is 5.12. The Kier molecular flexibility index (Phi) is 4.72.